The smallest absolute Gasteiger partial charge is 0.264 e. The monoisotopic (exact) mass is 643 g/mol. The molecule has 0 bridgehead atoms. The molecule has 0 aliphatic rings. The predicted octanol–water partition coefficient (Wildman–Crippen LogP) is 5.31. The van der Waals surface area contributed by atoms with Crippen molar-refractivity contribution in [2.75, 3.05) is 31.6 Å². The second-order valence-corrected chi connectivity index (χ2v) is 13.1. The normalized spacial score (nSPS) is 11.8. The van der Waals surface area contributed by atoms with Crippen LogP contribution in [-0.4, -0.2) is 58.5 Å². The fourth-order valence-electron chi connectivity index (χ4n) is 5.01. The van der Waals surface area contributed by atoms with E-state index in [1.165, 1.54) is 24.1 Å². The highest BCUT2D eigenvalue weighted by molar-refractivity contribution is 7.92. The Morgan fingerprint density at radius 2 is 1.41 bits per heavy atom. The largest absolute Gasteiger partial charge is 0.497 e. The quantitative estimate of drug-likeness (QED) is 0.188. The van der Waals surface area contributed by atoms with Crippen molar-refractivity contribution < 1.29 is 27.5 Å². The number of rotatable bonds is 15. The molecule has 0 unspecified atom stereocenters. The lowest BCUT2D eigenvalue weighted by atomic mass is 10.0. The molecule has 242 valence electrons. The molecule has 0 saturated carbocycles. The van der Waals surface area contributed by atoms with Gasteiger partial charge in [-0.1, -0.05) is 86.6 Å². The Morgan fingerprint density at radius 3 is 2.07 bits per heavy atom. The van der Waals surface area contributed by atoms with E-state index in [9.17, 15) is 18.0 Å². The van der Waals surface area contributed by atoms with Crippen molar-refractivity contribution in [1.29, 1.82) is 0 Å². The molecule has 0 spiro atoms. The van der Waals surface area contributed by atoms with Crippen molar-refractivity contribution in [2.45, 2.75) is 37.8 Å². The number of amides is 2. The van der Waals surface area contributed by atoms with Gasteiger partial charge in [0.05, 0.1) is 24.8 Å². The van der Waals surface area contributed by atoms with Gasteiger partial charge in [0.25, 0.3) is 10.0 Å². The minimum Gasteiger partial charge on any atom is -0.497 e. The van der Waals surface area contributed by atoms with Crippen molar-refractivity contribution in [3.63, 3.8) is 0 Å². The van der Waals surface area contributed by atoms with Crippen LogP contribution in [0, 0.1) is 5.92 Å². The highest BCUT2D eigenvalue weighted by atomic mass is 32.2. The van der Waals surface area contributed by atoms with Crippen LogP contribution in [0.1, 0.15) is 25.0 Å². The Morgan fingerprint density at radius 1 is 0.783 bits per heavy atom. The van der Waals surface area contributed by atoms with E-state index in [0.29, 0.717) is 12.3 Å². The van der Waals surface area contributed by atoms with Gasteiger partial charge in [-0.05, 0) is 53.4 Å². The van der Waals surface area contributed by atoms with Gasteiger partial charge < -0.3 is 19.7 Å². The lowest BCUT2D eigenvalue weighted by molar-refractivity contribution is -0.140. The Balaban J connectivity index is 1.83. The molecule has 46 heavy (non-hydrogen) atoms. The van der Waals surface area contributed by atoms with Crippen LogP contribution < -0.4 is 19.1 Å². The number of anilines is 1. The second-order valence-electron chi connectivity index (χ2n) is 11.2. The molecular weight excluding hydrogens is 602 g/mol. The molecule has 0 aromatic heterocycles. The number of carbonyl (C=O) groups excluding carboxylic acids is 2. The van der Waals surface area contributed by atoms with E-state index in [2.05, 4.69) is 5.32 Å². The van der Waals surface area contributed by atoms with E-state index in [-0.39, 0.29) is 41.1 Å². The molecule has 0 aliphatic heterocycles. The highest BCUT2D eigenvalue weighted by Gasteiger charge is 2.35. The van der Waals surface area contributed by atoms with E-state index in [1.54, 1.807) is 61.7 Å². The molecule has 4 aromatic carbocycles. The van der Waals surface area contributed by atoms with Gasteiger partial charge in [0.1, 0.15) is 24.1 Å². The molecule has 1 N–H and O–H groups in total. The molecule has 0 saturated heterocycles. The standard InChI is InChI=1S/C36H41N3O6S/c1-27(2)24-37-36(41)33(23-28-14-7-5-8-15-28)38(25-29-16-13-17-30(22-29)44-3)35(40)26-39(32-20-11-12-21-34(32)45-4)46(42,43)31-18-9-6-10-19-31/h5-22,27,33H,23-26H2,1-4H3,(H,37,41)/t33-/m0/s1. The maximum absolute atomic E-state index is 14.6. The fourth-order valence-corrected chi connectivity index (χ4v) is 6.46. The van der Waals surface area contributed by atoms with Gasteiger partial charge in [0, 0.05) is 19.5 Å². The summed E-state index contributed by atoms with van der Waals surface area (Å²) < 4.78 is 40.4. The van der Waals surface area contributed by atoms with Crippen LogP contribution in [0.15, 0.2) is 114 Å². The van der Waals surface area contributed by atoms with Crippen LogP contribution in [0.4, 0.5) is 5.69 Å². The van der Waals surface area contributed by atoms with Gasteiger partial charge in [-0.2, -0.15) is 0 Å². The molecule has 0 radical (unpaired) electrons. The van der Waals surface area contributed by atoms with Crippen molar-refractivity contribution in [1.82, 2.24) is 10.2 Å². The number of para-hydroxylation sites is 2. The first-order chi connectivity index (χ1) is 22.1. The van der Waals surface area contributed by atoms with Crippen LogP contribution in [-0.2, 0) is 32.6 Å². The van der Waals surface area contributed by atoms with Crippen LogP contribution in [0.5, 0.6) is 11.5 Å². The van der Waals surface area contributed by atoms with Gasteiger partial charge in [0.2, 0.25) is 11.8 Å². The van der Waals surface area contributed by atoms with Gasteiger partial charge in [0.15, 0.2) is 0 Å². The van der Waals surface area contributed by atoms with Crippen LogP contribution in [0.25, 0.3) is 0 Å². The molecular formula is C36H41N3O6S. The number of methoxy groups -OCH3 is 2. The van der Waals surface area contributed by atoms with Crippen molar-refractivity contribution >= 4 is 27.5 Å². The Bertz CT molecular complexity index is 1700. The zero-order chi connectivity index (χ0) is 33.1. The van der Waals surface area contributed by atoms with E-state index < -0.39 is 28.5 Å². The van der Waals surface area contributed by atoms with Crippen molar-refractivity contribution in [3.8, 4) is 11.5 Å². The van der Waals surface area contributed by atoms with Gasteiger partial charge >= 0.3 is 0 Å². The second kappa shape index (κ2) is 15.9. The molecule has 10 heteroatoms. The third kappa shape index (κ3) is 8.66. The van der Waals surface area contributed by atoms with Gasteiger partial charge in [-0.15, -0.1) is 0 Å². The van der Waals surface area contributed by atoms with Crippen LogP contribution in [0.3, 0.4) is 0 Å². The first-order valence-corrected chi connectivity index (χ1v) is 16.5. The topological polar surface area (TPSA) is 105 Å². The third-order valence-electron chi connectivity index (χ3n) is 7.41. The molecule has 2 amide bonds. The summed E-state index contributed by atoms with van der Waals surface area (Å²) >= 11 is 0. The number of hydrogen-bond donors (Lipinski definition) is 1. The van der Waals surface area contributed by atoms with E-state index in [1.807, 2.05) is 56.3 Å². The number of sulfonamides is 1. The lowest BCUT2D eigenvalue weighted by Gasteiger charge is -2.34. The van der Waals surface area contributed by atoms with E-state index in [4.69, 9.17) is 9.47 Å². The van der Waals surface area contributed by atoms with Gasteiger partial charge in [-0.25, -0.2) is 8.42 Å². The summed E-state index contributed by atoms with van der Waals surface area (Å²) in [6.07, 6.45) is 0.223. The molecule has 1 atom stereocenters. The Labute approximate surface area is 271 Å². The number of nitrogens with zero attached hydrogens (tertiary/aromatic N) is 2. The summed E-state index contributed by atoms with van der Waals surface area (Å²) in [5, 5.41) is 3.00. The van der Waals surface area contributed by atoms with E-state index in [0.717, 1.165) is 15.4 Å². The number of hydrogen-bond acceptors (Lipinski definition) is 6. The predicted molar refractivity (Wildman–Crippen MR) is 179 cm³/mol. The zero-order valence-corrected chi connectivity index (χ0v) is 27.4. The number of benzene rings is 4. The van der Waals surface area contributed by atoms with Crippen LogP contribution >= 0.6 is 0 Å². The average molecular weight is 644 g/mol. The van der Waals surface area contributed by atoms with Crippen LogP contribution in [0.2, 0.25) is 0 Å². The average Bonchev–Trinajstić information content (AvgIpc) is 3.08. The Hall–Kier alpha value is -4.83. The summed E-state index contributed by atoms with van der Waals surface area (Å²) in [4.78, 5) is 30.0. The molecule has 4 aromatic rings. The number of ether oxygens (including phenoxy) is 2. The summed E-state index contributed by atoms with van der Waals surface area (Å²) in [6, 6.07) is 30.3. The third-order valence-corrected chi connectivity index (χ3v) is 9.18. The lowest BCUT2D eigenvalue weighted by Crippen LogP contribution is -2.53. The SMILES string of the molecule is COc1cccc(CN(C(=O)CN(c2ccccc2OC)S(=O)(=O)c2ccccc2)[C@@H](Cc2ccccc2)C(=O)NCC(C)C)c1. The highest BCUT2D eigenvalue weighted by Crippen LogP contribution is 2.32. The summed E-state index contributed by atoms with van der Waals surface area (Å²) in [5.74, 6) is 0.166. The molecule has 4 rings (SSSR count). The van der Waals surface area contributed by atoms with Crippen molar-refractivity contribution in [2.24, 2.45) is 5.92 Å². The molecule has 9 nitrogen and oxygen atoms in total. The fraction of sp³-hybridized carbons (Fsp3) is 0.278. The first kappa shape index (κ1) is 34.1. The Kier molecular flexibility index (Phi) is 11.8. The summed E-state index contributed by atoms with van der Waals surface area (Å²) in [7, 11) is -1.24. The van der Waals surface area contributed by atoms with Gasteiger partial charge in [-0.3, -0.25) is 13.9 Å². The number of nitrogens with one attached hydrogen (secondary N) is 1. The summed E-state index contributed by atoms with van der Waals surface area (Å²) in [6.45, 7) is 3.86. The maximum atomic E-state index is 14.6. The van der Waals surface area contributed by atoms with E-state index >= 15 is 0 Å². The summed E-state index contributed by atoms with van der Waals surface area (Å²) in [5.41, 5.74) is 1.78. The zero-order valence-electron chi connectivity index (χ0n) is 26.6. The maximum Gasteiger partial charge on any atom is 0.264 e. The molecule has 0 aliphatic carbocycles. The minimum atomic E-state index is -4.24. The number of carbonyl (C=O) groups is 2. The molecule has 0 heterocycles. The molecule has 0 fully saturated rings. The van der Waals surface area contributed by atoms with Crippen molar-refractivity contribution in [3.05, 3.63) is 120 Å². The first-order valence-electron chi connectivity index (χ1n) is 15.1. The minimum absolute atomic E-state index is 0.0172.